The Hall–Kier alpha value is -0.550. The average molecular weight is 570 g/mol. The molecule has 0 aromatic carbocycles. The van der Waals surface area contributed by atoms with Gasteiger partial charge in [0.25, 0.3) is 0 Å². The third-order valence-electron chi connectivity index (χ3n) is 4.01. The lowest BCUT2D eigenvalue weighted by atomic mass is 9.98. The number of sulfonamides is 1. The van der Waals surface area contributed by atoms with Gasteiger partial charge in [-0.05, 0) is 25.2 Å². The molecule has 0 spiro atoms. The van der Waals surface area contributed by atoms with E-state index in [1.165, 1.54) is 7.05 Å². The summed E-state index contributed by atoms with van der Waals surface area (Å²) < 4.78 is 101. The lowest BCUT2D eigenvalue weighted by molar-refractivity contribution is -0.173. The largest absolute Gasteiger partial charge is 0.511 e. The van der Waals surface area contributed by atoms with Crippen LogP contribution in [0.15, 0.2) is 4.99 Å². The van der Waals surface area contributed by atoms with Gasteiger partial charge in [-0.2, -0.15) is 30.6 Å². The number of nitrogens with zero attached hydrogens (tertiary/aromatic N) is 2. The van der Waals surface area contributed by atoms with Crippen molar-refractivity contribution in [3.63, 3.8) is 0 Å². The number of halogens is 7. The Bertz CT molecular complexity index is 607. The smallest absolute Gasteiger partial charge is 0.372 e. The third-order valence-corrected chi connectivity index (χ3v) is 5.64. The fourth-order valence-electron chi connectivity index (χ4n) is 2.53. The summed E-state index contributed by atoms with van der Waals surface area (Å²) in [6, 6.07) is 0. The molecular weight excluding hydrogens is 545 g/mol. The summed E-state index contributed by atoms with van der Waals surface area (Å²) in [4.78, 5) is 3.93. The highest BCUT2D eigenvalue weighted by Crippen LogP contribution is 2.30. The predicted molar refractivity (Wildman–Crippen MR) is 106 cm³/mol. The summed E-state index contributed by atoms with van der Waals surface area (Å²) >= 11 is 0. The molecule has 29 heavy (non-hydrogen) atoms. The first-order valence-corrected chi connectivity index (χ1v) is 9.96. The average Bonchev–Trinajstić information content (AvgIpc) is 2.59. The van der Waals surface area contributed by atoms with E-state index >= 15 is 0 Å². The molecule has 0 aliphatic carbocycles. The molecule has 1 heterocycles. The SMILES string of the molecule is CN=C(NCCCOCC(F)(F)F)NCC1CCN(S(=O)(=O)C(F)(F)F)CC1.I. The van der Waals surface area contributed by atoms with Crippen LogP contribution in [0.3, 0.4) is 0 Å². The second-order valence-electron chi connectivity index (χ2n) is 6.19. The highest BCUT2D eigenvalue weighted by Gasteiger charge is 2.50. The molecule has 1 saturated heterocycles. The van der Waals surface area contributed by atoms with E-state index < -0.39 is 28.3 Å². The quantitative estimate of drug-likeness (QED) is 0.154. The van der Waals surface area contributed by atoms with Gasteiger partial charge in [0.15, 0.2) is 5.96 Å². The van der Waals surface area contributed by atoms with Crippen LogP contribution < -0.4 is 10.6 Å². The van der Waals surface area contributed by atoms with Crippen LogP contribution in [0.4, 0.5) is 26.3 Å². The summed E-state index contributed by atoms with van der Waals surface area (Å²) in [7, 11) is -3.80. The second kappa shape index (κ2) is 12.3. The zero-order valence-corrected chi connectivity index (χ0v) is 18.8. The van der Waals surface area contributed by atoms with Gasteiger partial charge in [0.05, 0.1) is 0 Å². The van der Waals surface area contributed by atoms with Crippen LogP contribution in [0.1, 0.15) is 19.3 Å². The molecule has 0 atom stereocenters. The first-order valence-electron chi connectivity index (χ1n) is 8.52. The number of ether oxygens (including phenoxy) is 1. The van der Waals surface area contributed by atoms with E-state index in [9.17, 15) is 34.8 Å². The lowest BCUT2D eigenvalue weighted by Gasteiger charge is -2.31. The van der Waals surface area contributed by atoms with Gasteiger partial charge in [-0.1, -0.05) is 0 Å². The summed E-state index contributed by atoms with van der Waals surface area (Å²) in [5.41, 5.74) is -5.30. The molecule has 0 aromatic rings. The first kappa shape index (κ1) is 28.5. The summed E-state index contributed by atoms with van der Waals surface area (Å²) in [5, 5.41) is 5.85. The zero-order chi connectivity index (χ0) is 21.4. The van der Waals surface area contributed by atoms with Crippen LogP contribution in [0.25, 0.3) is 0 Å². The summed E-state index contributed by atoms with van der Waals surface area (Å²) in [6.07, 6.45) is -3.50. The molecule has 0 saturated carbocycles. The number of aliphatic imine (C=N–C) groups is 1. The minimum atomic E-state index is -5.30. The van der Waals surface area contributed by atoms with Crippen molar-refractivity contribution in [2.75, 3.05) is 46.4 Å². The number of piperidine rings is 1. The first-order chi connectivity index (χ1) is 12.9. The van der Waals surface area contributed by atoms with Gasteiger partial charge in [-0.25, -0.2) is 8.42 Å². The van der Waals surface area contributed by atoms with Crippen molar-refractivity contribution in [3.8, 4) is 0 Å². The normalized spacial score (nSPS) is 17.7. The van der Waals surface area contributed by atoms with E-state index in [0.29, 0.717) is 29.8 Å². The second-order valence-corrected chi connectivity index (χ2v) is 8.12. The van der Waals surface area contributed by atoms with Gasteiger partial charge in [0, 0.05) is 39.8 Å². The highest BCUT2D eigenvalue weighted by molar-refractivity contribution is 14.0. The molecule has 1 aliphatic heterocycles. The maximum absolute atomic E-state index is 12.5. The lowest BCUT2D eigenvalue weighted by Crippen LogP contribution is -2.47. The molecule has 1 fully saturated rings. The van der Waals surface area contributed by atoms with Gasteiger partial charge in [0.1, 0.15) is 6.61 Å². The number of alkyl halides is 6. The Morgan fingerprint density at radius 1 is 1.14 bits per heavy atom. The van der Waals surface area contributed by atoms with Crippen LogP contribution in [-0.2, 0) is 14.8 Å². The van der Waals surface area contributed by atoms with Crippen LogP contribution in [-0.4, -0.2) is 76.8 Å². The maximum atomic E-state index is 12.5. The summed E-state index contributed by atoms with van der Waals surface area (Å²) in [6.45, 7) is -1.10. The Labute approximate surface area is 182 Å². The molecule has 1 aliphatic rings. The molecule has 174 valence electrons. The minimum absolute atomic E-state index is 0. The van der Waals surface area contributed by atoms with Gasteiger partial charge in [0.2, 0.25) is 0 Å². The Morgan fingerprint density at radius 2 is 1.72 bits per heavy atom. The minimum Gasteiger partial charge on any atom is -0.372 e. The fraction of sp³-hybridized carbons (Fsp3) is 0.929. The molecular formula is C14H25F6IN4O3S. The highest BCUT2D eigenvalue weighted by atomic mass is 127. The number of hydrogen-bond donors (Lipinski definition) is 2. The van der Waals surface area contributed by atoms with Crippen molar-refractivity contribution in [1.82, 2.24) is 14.9 Å². The molecule has 0 bridgehead atoms. The zero-order valence-electron chi connectivity index (χ0n) is 15.6. The van der Waals surface area contributed by atoms with E-state index in [1.807, 2.05) is 0 Å². The number of hydrogen-bond acceptors (Lipinski definition) is 4. The number of guanidine groups is 1. The molecule has 7 nitrogen and oxygen atoms in total. The van der Waals surface area contributed by atoms with Crippen LogP contribution in [0, 0.1) is 5.92 Å². The van der Waals surface area contributed by atoms with Crippen LogP contribution in [0.2, 0.25) is 0 Å². The van der Waals surface area contributed by atoms with Gasteiger partial charge in [-0.3, -0.25) is 4.99 Å². The monoisotopic (exact) mass is 570 g/mol. The van der Waals surface area contributed by atoms with E-state index in [4.69, 9.17) is 0 Å². The molecule has 0 amide bonds. The standard InChI is InChI=1S/C14H24F6N4O3S.HI/c1-21-12(22-5-2-8-27-10-13(15,16)17)23-9-11-3-6-24(7-4-11)28(25,26)14(18,19)20;/h11H,2-10H2,1H3,(H2,21,22,23);1H. The Kier molecular flexibility index (Phi) is 12.1. The predicted octanol–water partition coefficient (Wildman–Crippen LogP) is 2.30. The topological polar surface area (TPSA) is 83.0 Å². The van der Waals surface area contributed by atoms with Gasteiger partial charge < -0.3 is 15.4 Å². The van der Waals surface area contributed by atoms with Crippen LogP contribution in [0.5, 0.6) is 0 Å². The van der Waals surface area contributed by atoms with Crippen LogP contribution >= 0.6 is 24.0 Å². The molecule has 2 N–H and O–H groups in total. The third kappa shape index (κ3) is 10.3. The van der Waals surface area contributed by atoms with E-state index in [1.54, 1.807) is 0 Å². The Balaban J connectivity index is 0.00000784. The van der Waals surface area contributed by atoms with E-state index in [2.05, 4.69) is 20.4 Å². The van der Waals surface area contributed by atoms with Crippen molar-refractivity contribution in [2.24, 2.45) is 10.9 Å². The van der Waals surface area contributed by atoms with Gasteiger partial charge in [-0.15, -0.1) is 24.0 Å². The van der Waals surface area contributed by atoms with Crippen molar-refractivity contribution < 1.29 is 39.5 Å². The maximum Gasteiger partial charge on any atom is 0.511 e. The van der Waals surface area contributed by atoms with E-state index in [-0.39, 0.29) is 62.4 Å². The van der Waals surface area contributed by atoms with E-state index in [0.717, 1.165) is 0 Å². The van der Waals surface area contributed by atoms with Crippen molar-refractivity contribution in [3.05, 3.63) is 0 Å². The number of rotatable bonds is 8. The molecule has 15 heteroatoms. The molecule has 0 aromatic heterocycles. The molecule has 0 unspecified atom stereocenters. The molecule has 0 radical (unpaired) electrons. The summed E-state index contributed by atoms with van der Waals surface area (Å²) in [5.74, 6) is 0.356. The molecule has 1 rings (SSSR count). The fourth-order valence-corrected chi connectivity index (χ4v) is 3.51. The Morgan fingerprint density at radius 3 is 2.21 bits per heavy atom. The van der Waals surface area contributed by atoms with Gasteiger partial charge >= 0.3 is 21.7 Å². The van der Waals surface area contributed by atoms with Crippen molar-refractivity contribution >= 4 is 40.0 Å². The van der Waals surface area contributed by atoms with Crippen molar-refractivity contribution in [2.45, 2.75) is 30.9 Å². The number of nitrogens with one attached hydrogen (secondary N) is 2. The van der Waals surface area contributed by atoms with Crippen molar-refractivity contribution in [1.29, 1.82) is 0 Å².